The molecule has 0 atom stereocenters. The molecule has 2 N–H and O–H groups in total. The number of ketones is 1. The van der Waals surface area contributed by atoms with E-state index in [-0.39, 0.29) is 11.5 Å². The van der Waals surface area contributed by atoms with Crippen LogP contribution in [0.25, 0.3) is 23.3 Å². The number of aliphatic hydroxyl groups excluding tert-OH is 1. The molecule has 0 amide bonds. The van der Waals surface area contributed by atoms with E-state index in [0.29, 0.717) is 23.5 Å². The summed E-state index contributed by atoms with van der Waals surface area (Å²) in [4.78, 5) is 27.7. The molecule has 0 radical (unpaired) electrons. The molecule has 4 aliphatic rings. The number of nitrogens with zero attached hydrogens (tertiary/aromatic N) is 2. The maximum absolute atomic E-state index is 14.2. The van der Waals surface area contributed by atoms with Gasteiger partial charge in [0.05, 0.1) is 11.4 Å². The van der Waals surface area contributed by atoms with Crippen molar-refractivity contribution in [3.8, 4) is 0 Å². The Morgan fingerprint density at radius 2 is 1.40 bits per heavy atom. The van der Waals surface area contributed by atoms with Gasteiger partial charge < -0.3 is 10.1 Å². The topological polar surface area (TPSA) is 77.8 Å². The molecule has 0 saturated heterocycles. The highest BCUT2D eigenvalue weighted by Gasteiger charge is 2.34. The van der Waals surface area contributed by atoms with E-state index < -0.39 is 0 Å². The Morgan fingerprint density at radius 1 is 0.750 bits per heavy atom. The molecule has 1 aromatic heterocycles. The Hall–Kier alpha value is -4.25. The second kappa shape index (κ2) is 9.74. The quantitative estimate of drug-likeness (QED) is 0.418. The second-order valence-electron chi connectivity index (χ2n) is 10.7. The number of allylic oxidation sites excluding steroid dienone is 7. The van der Waals surface area contributed by atoms with Crippen molar-refractivity contribution < 1.29 is 9.90 Å². The third-order valence-electron chi connectivity index (χ3n) is 8.71. The average molecular weight is 530 g/mol. The second-order valence-corrected chi connectivity index (χ2v) is 10.7. The van der Waals surface area contributed by atoms with E-state index in [1.165, 1.54) is 5.56 Å². The molecule has 0 saturated carbocycles. The summed E-state index contributed by atoms with van der Waals surface area (Å²) in [6.45, 7) is 12.6. The van der Waals surface area contributed by atoms with Crippen molar-refractivity contribution in [2.24, 2.45) is 9.98 Å². The van der Waals surface area contributed by atoms with Crippen LogP contribution in [0.3, 0.4) is 0 Å². The van der Waals surface area contributed by atoms with Crippen LogP contribution in [0.1, 0.15) is 87.5 Å². The Labute approximate surface area is 235 Å². The van der Waals surface area contributed by atoms with Crippen LogP contribution in [0.5, 0.6) is 0 Å². The molecule has 5 nitrogen and oxygen atoms in total. The van der Waals surface area contributed by atoms with Gasteiger partial charge in [-0.1, -0.05) is 52.0 Å². The van der Waals surface area contributed by atoms with Crippen LogP contribution in [0, 0.1) is 6.92 Å². The van der Waals surface area contributed by atoms with Crippen molar-refractivity contribution in [3.05, 3.63) is 103 Å². The Kier molecular flexibility index (Phi) is 6.33. The van der Waals surface area contributed by atoms with Crippen LogP contribution in [-0.4, -0.2) is 27.3 Å². The number of aromatic nitrogens is 1. The van der Waals surface area contributed by atoms with Gasteiger partial charge in [0.25, 0.3) is 0 Å². The average Bonchev–Trinajstić information content (AvgIpc) is 3.65. The highest BCUT2D eigenvalue weighted by atomic mass is 16.3. The van der Waals surface area contributed by atoms with Crippen LogP contribution in [0.2, 0.25) is 0 Å². The minimum absolute atomic E-state index is 0.123. The first-order chi connectivity index (χ1) is 19.3. The fraction of sp³-hybridized carbons (Fsp3) is 0.286. The zero-order chi connectivity index (χ0) is 28.3. The lowest BCUT2D eigenvalue weighted by Gasteiger charge is -2.08. The zero-order valence-electron chi connectivity index (χ0n) is 24.1. The van der Waals surface area contributed by atoms with E-state index in [0.717, 1.165) is 86.5 Å². The van der Waals surface area contributed by atoms with E-state index in [2.05, 4.69) is 51.8 Å². The molecule has 40 heavy (non-hydrogen) atoms. The summed E-state index contributed by atoms with van der Waals surface area (Å²) < 4.78 is 0. The molecular weight excluding hydrogens is 494 g/mol. The van der Waals surface area contributed by atoms with Gasteiger partial charge in [0.1, 0.15) is 17.2 Å². The molecule has 0 unspecified atom stereocenters. The highest BCUT2D eigenvalue weighted by molar-refractivity contribution is 6.73. The van der Waals surface area contributed by atoms with Crippen molar-refractivity contribution in [3.63, 3.8) is 0 Å². The summed E-state index contributed by atoms with van der Waals surface area (Å²) >= 11 is 0. The molecule has 4 heterocycles. The van der Waals surface area contributed by atoms with Crippen molar-refractivity contribution in [2.75, 3.05) is 0 Å². The van der Waals surface area contributed by atoms with Gasteiger partial charge in [-0.25, -0.2) is 9.98 Å². The number of hydrogen-bond donors (Lipinski definition) is 2. The van der Waals surface area contributed by atoms with E-state index in [9.17, 15) is 9.90 Å². The van der Waals surface area contributed by atoms with Crippen LogP contribution < -0.4 is 0 Å². The fourth-order valence-corrected chi connectivity index (χ4v) is 6.58. The first kappa shape index (κ1) is 26.0. The summed E-state index contributed by atoms with van der Waals surface area (Å²) in [6, 6.07) is 8.06. The lowest BCUT2D eigenvalue weighted by atomic mass is 9.92. The van der Waals surface area contributed by atoms with E-state index >= 15 is 0 Å². The monoisotopic (exact) mass is 529 g/mol. The van der Waals surface area contributed by atoms with Gasteiger partial charge in [-0.3, -0.25) is 4.79 Å². The molecule has 202 valence electrons. The summed E-state index contributed by atoms with van der Waals surface area (Å²) in [5, 5.41) is 11.6. The van der Waals surface area contributed by atoms with Gasteiger partial charge in [0.2, 0.25) is 5.78 Å². The van der Waals surface area contributed by atoms with Crippen molar-refractivity contribution >= 4 is 40.5 Å². The molecule has 5 heteroatoms. The third-order valence-corrected chi connectivity index (χ3v) is 8.71. The molecule has 6 rings (SSSR count). The van der Waals surface area contributed by atoms with Gasteiger partial charge in [0, 0.05) is 22.5 Å². The first-order valence-corrected chi connectivity index (χ1v) is 14.4. The summed E-state index contributed by atoms with van der Waals surface area (Å²) in [7, 11) is 0. The number of Topliss-reactive ketones (excluding diaryl/α,β-unsaturated/α-hetero) is 1. The zero-order valence-corrected chi connectivity index (χ0v) is 24.1. The predicted molar refractivity (Wildman–Crippen MR) is 165 cm³/mol. The first-order valence-electron chi connectivity index (χ1n) is 14.4. The van der Waals surface area contributed by atoms with E-state index in [1.54, 1.807) is 0 Å². The van der Waals surface area contributed by atoms with Crippen LogP contribution in [-0.2, 0) is 11.2 Å². The summed E-state index contributed by atoms with van der Waals surface area (Å²) in [5.41, 5.74) is 14.3. The highest BCUT2D eigenvalue weighted by Crippen LogP contribution is 2.44. The van der Waals surface area contributed by atoms with Crippen LogP contribution in [0.15, 0.2) is 79.8 Å². The predicted octanol–water partition coefficient (Wildman–Crippen LogP) is 8.27. The lowest BCUT2D eigenvalue weighted by molar-refractivity contribution is -0.107. The summed E-state index contributed by atoms with van der Waals surface area (Å²) in [6.07, 6.45) is 9.15. The number of fused-ring (bicyclic) bond motifs is 8. The lowest BCUT2D eigenvalue weighted by Crippen LogP contribution is -2.25. The maximum Gasteiger partial charge on any atom is 0.230 e. The number of aromatic amines is 1. The van der Waals surface area contributed by atoms with Gasteiger partial charge in [-0.05, 0) is 102 Å². The third kappa shape index (κ3) is 3.71. The summed E-state index contributed by atoms with van der Waals surface area (Å²) in [5.74, 6) is 0.101. The van der Waals surface area contributed by atoms with Crippen molar-refractivity contribution in [2.45, 2.75) is 67.2 Å². The maximum atomic E-state index is 14.2. The molecule has 8 bridgehead atoms. The number of carbonyl (C=O) groups is 1. The van der Waals surface area contributed by atoms with Gasteiger partial charge >= 0.3 is 0 Å². The number of aliphatic hydroxyl groups is 1. The minimum atomic E-state index is -0.123. The fourth-order valence-electron chi connectivity index (χ4n) is 6.58. The number of benzene rings is 1. The molecule has 3 aliphatic heterocycles. The normalized spacial score (nSPS) is 18.2. The molecule has 2 aromatic rings. The number of rotatable bonds is 4. The molecule has 1 aromatic carbocycles. The molecular formula is C35H35N3O2. The number of H-pyrrole nitrogens is 1. The van der Waals surface area contributed by atoms with E-state index in [1.807, 2.05) is 37.3 Å². The van der Waals surface area contributed by atoms with Gasteiger partial charge in [-0.15, -0.1) is 0 Å². The SMILES string of the molecule is CCC1=C(C)C2=CC3=C(O)C(=Cc4[nH]c(c(CC)c4C)C=C4N=C(C(=O)C1=N2)C(CC)=C4CC)c1ccccc13. The molecule has 1 aliphatic carbocycles. The number of nitrogens with one attached hydrogen (secondary N) is 1. The minimum Gasteiger partial charge on any atom is -0.507 e. The van der Waals surface area contributed by atoms with Gasteiger partial charge in [-0.2, -0.15) is 0 Å². The van der Waals surface area contributed by atoms with Gasteiger partial charge in [0.15, 0.2) is 0 Å². The van der Waals surface area contributed by atoms with Crippen molar-refractivity contribution in [1.82, 2.24) is 4.98 Å². The standard InChI is InChI=1S/C35H35N3O2/c1-7-20-18(5)28-15-26-24-13-11-12-14-25(24)27(34(26)39)16-29-19(6)21(8-2)32(37-29)35(40)33-23(10-4)22(9-3)31(38-33)17-30(20)36-28/h11-17,36,39H,7-10H2,1-6H3. The molecule has 0 spiro atoms. The van der Waals surface area contributed by atoms with Crippen LogP contribution >= 0.6 is 0 Å². The number of carbonyl (C=O) groups excluding carboxylic acids is 1. The molecule has 0 fully saturated rings. The van der Waals surface area contributed by atoms with Crippen LogP contribution in [0.4, 0.5) is 0 Å². The number of aliphatic imine (C=N–C) groups is 2. The Balaban J connectivity index is 1.71. The smallest absolute Gasteiger partial charge is 0.230 e. The largest absolute Gasteiger partial charge is 0.507 e. The Bertz CT molecular complexity index is 1760. The number of hydrogen-bond acceptors (Lipinski definition) is 4. The Morgan fingerprint density at radius 3 is 2.08 bits per heavy atom. The van der Waals surface area contributed by atoms with E-state index in [4.69, 9.17) is 9.98 Å². The van der Waals surface area contributed by atoms with Crippen molar-refractivity contribution in [1.29, 1.82) is 0 Å².